The van der Waals surface area contributed by atoms with Gasteiger partial charge < -0.3 is 14.9 Å². The van der Waals surface area contributed by atoms with Gasteiger partial charge in [-0.1, -0.05) is 52.3 Å². The summed E-state index contributed by atoms with van der Waals surface area (Å²) in [6.45, 7) is 0.293. The van der Waals surface area contributed by atoms with Gasteiger partial charge in [-0.25, -0.2) is 4.79 Å². The highest BCUT2D eigenvalue weighted by Gasteiger charge is 2.15. The van der Waals surface area contributed by atoms with Crippen LogP contribution in [0.4, 0.5) is 0 Å². The minimum absolute atomic E-state index is 0.0448. The lowest BCUT2D eigenvalue weighted by Crippen LogP contribution is -2.06. The molecule has 5 heteroatoms. The van der Waals surface area contributed by atoms with E-state index in [1.807, 2.05) is 30.3 Å². The van der Waals surface area contributed by atoms with E-state index in [-0.39, 0.29) is 11.3 Å². The summed E-state index contributed by atoms with van der Waals surface area (Å²) in [6, 6.07) is 14.2. The van der Waals surface area contributed by atoms with Crippen LogP contribution in [0.2, 0.25) is 0 Å². The minimum atomic E-state index is -1.08. The van der Waals surface area contributed by atoms with Gasteiger partial charge in [0, 0.05) is 5.33 Å². The van der Waals surface area contributed by atoms with E-state index in [4.69, 9.17) is 4.74 Å². The Morgan fingerprint density at radius 2 is 1.90 bits per heavy atom. The maximum Gasteiger partial charge on any atom is 0.339 e. The van der Waals surface area contributed by atoms with E-state index in [1.54, 1.807) is 12.1 Å². The van der Waals surface area contributed by atoms with Crippen molar-refractivity contribution in [1.29, 1.82) is 0 Å². The van der Waals surface area contributed by atoms with Gasteiger partial charge in [0.25, 0.3) is 0 Å². The molecule has 2 aromatic carbocycles. The van der Waals surface area contributed by atoms with E-state index in [9.17, 15) is 15.0 Å². The van der Waals surface area contributed by atoms with E-state index in [0.29, 0.717) is 17.5 Å². The first-order valence-corrected chi connectivity index (χ1v) is 7.52. The number of rotatable bonds is 6. The molecule has 0 aromatic heterocycles. The van der Waals surface area contributed by atoms with Crippen LogP contribution >= 0.6 is 15.9 Å². The lowest BCUT2D eigenvalue weighted by Gasteiger charge is -2.13. The van der Waals surface area contributed by atoms with Crippen LogP contribution in [0.1, 0.15) is 27.6 Å². The maximum absolute atomic E-state index is 11.3. The standard InChI is InChI=1S/C16H15BrO4/c17-9-14(18)12-6-7-15(13(8-12)16(19)20)21-10-11-4-2-1-3-5-11/h1-8,14,18H,9-10H2,(H,19,20). The summed E-state index contributed by atoms with van der Waals surface area (Å²) in [4.78, 5) is 11.3. The van der Waals surface area contributed by atoms with Crippen LogP contribution < -0.4 is 4.74 Å². The zero-order valence-corrected chi connectivity index (χ0v) is 12.8. The highest BCUT2D eigenvalue weighted by Crippen LogP contribution is 2.25. The van der Waals surface area contributed by atoms with Crippen LogP contribution in [-0.4, -0.2) is 21.5 Å². The summed E-state index contributed by atoms with van der Waals surface area (Å²) in [6.07, 6.45) is -0.744. The van der Waals surface area contributed by atoms with E-state index >= 15 is 0 Å². The van der Waals surface area contributed by atoms with Gasteiger partial charge in [0.2, 0.25) is 0 Å². The van der Waals surface area contributed by atoms with Crippen molar-refractivity contribution in [2.75, 3.05) is 5.33 Å². The summed E-state index contributed by atoms with van der Waals surface area (Å²) in [5, 5.41) is 19.4. The van der Waals surface area contributed by atoms with Gasteiger partial charge >= 0.3 is 5.97 Å². The second-order valence-electron chi connectivity index (χ2n) is 4.51. The number of hydrogen-bond acceptors (Lipinski definition) is 3. The molecule has 2 N–H and O–H groups in total. The maximum atomic E-state index is 11.3. The molecular formula is C16H15BrO4. The molecule has 0 saturated carbocycles. The van der Waals surface area contributed by atoms with Crippen molar-refractivity contribution in [3.05, 3.63) is 65.2 Å². The predicted octanol–water partition coefficient (Wildman–Crippen LogP) is 3.39. The molecule has 2 aromatic rings. The number of aromatic carboxylic acids is 1. The van der Waals surface area contributed by atoms with Crippen LogP contribution in [0.5, 0.6) is 5.75 Å². The Morgan fingerprint density at radius 3 is 2.52 bits per heavy atom. The van der Waals surface area contributed by atoms with Gasteiger partial charge in [0.15, 0.2) is 0 Å². The summed E-state index contributed by atoms with van der Waals surface area (Å²) >= 11 is 3.16. The largest absolute Gasteiger partial charge is 0.488 e. The molecule has 4 nitrogen and oxygen atoms in total. The molecule has 1 unspecified atom stereocenters. The van der Waals surface area contributed by atoms with Crippen molar-refractivity contribution in [2.45, 2.75) is 12.7 Å². The fourth-order valence-electron chi connectivity index (χ4n) is 1.87. The molecule has 0 amide bonds. The molecule has 0 aliphatic rings. The number of ether oxygens (including phenoxy) is 1. The number of benzene rings is 2. The molecule has 0 radical (unpaired) electrons. The fourth-order valence-corrected chi connectivity index (χ4v) is 2.25. The Hall–Kier alpha value is -1.85. The van der Waals surface area contributed by atoms with E-state index in [2.05, 4.69) is 15.9 Å². The van der Waals surface area contributed by atoms with Crippen molar-refractivity contribution in [1.82, 2.24) is 0 Å². The van der Waals surface area contributed by atoms with Crippen molar-refractivity contribution in [3.63, 3.8) is 0 Å². The number of carboxylic acids is 1. The van der Waals surface area contributed by atoms with Gasteiger partial charge in [-0.15, -0.1) is 0 Å². The van der Waals surface area contributed by atoms with Crippen molar-refractivity contribution in [3.8, 4) is 5.75 Å². The minimum Gasteiger partial charge on any atom is -0.488 e. The molecular weight excluding hydrogens is 336 g/mol. The molecule has 0 heterocycles. The average molecular weight is 351 g/mol. The summed E-state index contributed by atoms with van der Waals surface area (Å²) in [5.41, 5.74) is 1.54. The zero-order valence-electron chi connectivity index (χ0n) is 11.2. The molecule has 2 rings (SSSR count). The lowest BCUT2D eigenvalue weighted by atomic mass is 10.1. The van der Waals surface area contributed by atoms with E-state index in [1.165, 1.54) is 6.07 Å². The summed E-state index contributed by atoms with van der Waals surface area (Å²) < 4.78 is 5.58. The third-order valence-electron chi connectivity index (χ3n) is 3.00. The number of hydrogen-bond donors (Lipinski definition) is 2. The van der Waals surface area contributed by atoms with Crippen molar-refractivity contribution >= 4 is 21.9 Å². The lowest BCUT2D eigenvalue weighted by molar-refractivity contribution is 0.0691. The monoisotopic (exact) mass is 350 g/mol. The SMILES string of the molecule is O=C(O)c1cc(C(O)CBr)ccc1OCc1ccccc1. The normalized spacial score (nSPS) is 11.9. The number of carboxylic acid groups (broad SMARTS) is 1. The van der Waals surface area contributed by atoms with Gasteiger partial charge in [-0.05, 0) is 23.3 Å². The quantitative estimate of drug-likeness (QED) is 0.783. The molecule has 0 spiro atoms. The second kappa shape index (κ2) is 7.24. The summed E-state index contributed by atoms with van der Waals surface area (Å²) in [7, 11) is 0. The Kier molecular flexibility index (Phi) is 5.36. The highest BCUT2D eigenvalue weighted by molar-refractivity contribution is 9.09. The third kappa shape index (κ3) is 4.06. The first kappa shape index (κ1) is 15.5. The topological polar surface area (TPSA) is 66.8 Å². The van der Waals surface area contributed by atoms with E-state index in [0.717, 1.165) is 5.56 Å². The number of halogens is 1. The first-order valence-electron chi connectivity index (χ1n) is 6.40. The number of alkyl halides is 1. The number of aliphatic hydroxyl groups is 1. The zero-order chi connectivity index (χ0) is 15.2. The van der Waals surface area contributed by atoms with Crippen molar-refractivity contribution < 1.29 is 19.7 Å². The van der Waals surface area contributed by atoms with Crippen LogP contribution in [-0.2, 0) is 6.61 Å². The third-order valence-corrected chi connectivity index (χ3v) is 3.62. The molecule has 0 aliphatic heterocycles. The Balaban J connectivity index is 2.20. The molecule has 0 aliphatic carbocycles. The first-order chi connectivity index (χ1) is 10.1. The smallest absolute Gasteiger partial charge is 0.339 e. The van der Waals surface area contributed by atoms with Gasteiger partial charge in [0.05, 0.1) is 6.10 Å². The molecule has 110 valence electrons. The highest BCUT2D eigenvalue weighted by atomic mass is 79.9. The average Bonchev–Trinajstić information content (AvgIpc) is 2.52. The van der Waals surface area contributed by atoms with Crippen LogP contribution in [0.25, 0.3) is 0 Å². The van der Waals surface area contributed by atoms with E-state index < -0.39 is 12.1 Å². The van der Waals surface area contributed by atoms with Gasteiger partial charge in [-0.3, -0.25) is 0 Å². The molecule has 1 atom stereocenters. The number of aliphatic hydroxyl groups excluding tert-OH is 1. The van der Waals surface area contributed by atoms with Crippen LogP contribution in [0, 0.1) is 0 Å². The Labute approximate surface area is 131 Å². The Bertz CT molecular complexity index is 613. The second-order valence-corrected chi connectivity index (χ2v) is 5.15. The van der Waals surface area contributed by atoms with Crippen molar-refractivity contribution in [2.24, 2.45) is 0 Å². The summed E-state index contributed by atoms with van der Waals surface area (Å²) in [5.74, 6) is -0.793. The van der Waals surface area contributed by atoms with Gasteiger partial charge in [-0.2, -0.15) is 0 Å². The van der Waals surface area contributed by atoms with Gasteiger partial charge in [0.1, 0.15) is 17.9 Å². The Morgan fingerprint density at radius 1 is 1.19 bits per heavy atom. The molecule has 0 fully saturated rings. The molecule has 0 bridgehead atoms. The fraction of sp³-hybridized carbons (Fsp3) is 0.188. The number of carbonyl (C=O) groups is 1. The predicted molar refractivity (Wildman–Crippen MR) is 82.9 cm³/mol. The molecule has 0 saturated heterocycles. The van der Waals surface area contributed by atoms with Crippen LogP contribution in [0.15, 0.2) is 48.5 Å². The molecule has 21 heavy (non-hydrogen) atoms. The van der Waals surface area contributed by atoms with Crippen LogP contribution in [0.3, 0.4) is 0 Å².